The van der Waals surface area contributed by atoms with Gasteiger partial charge in [0, 0.05) is 29.4 Å². The molecule has 1 aliphatic rings. The summed E-state index contributed by atoms with van der Waals surface area (Å²) in [6, 6.07) is 8.68. The number of rotatable bonds is 4. The SMILES string of the molecule is CCN1C(=O)C(C)(C)COc2cc(NC(=O)c3cc(Cl)ccc3[N+](=O)[O-])ccc21. The highest BCUT2D eigenvalue weighted by atomic mass is 35.5. The summed E-state index contributed by atoms with van der Waals surface area (Å²) in [5.74, 6) is -0.272. The average Bonchev–Trinajstić information content (AvgIpc) is 2.76. The standard InChI is InChI=1S/C20H20ClN3O5/c1-4-23-16-8-6-13(10-17(16)29-11-20(2,3)19(23)26)22-18(25)14-9-12(21)5-7-15(14)24(27)28/h5-10H,4,11H2,1-3H3,(H,22,25). The highest BCUT2D eigenvalue weighted by molar-refractivity contribution is 6.31. The van der Waals surface area contributed by atoms with E-state index in [2.05, 4.69) is 5.32 Å². The Kier molecular flexibility index (Phi) is 5.48. The number of carbonyl (C=O) groups is 2. The Morgan fingerprint density at radius 1 is 1.31 bits per heavy atom. The predicted molar refractivity (Wildman–Crippen MR) is 110 cm³/mol. The number of nitro groups is 1. The third-order valence-electron chi connectivity index (χ3n) is 4.64. The van der Waals surface area contributed by atoms with Crippen molar-refractivity contribution < 1.29 is 19.2 Å². The molecule has 0 saturated carbocycles. The molecule has 0 atom stereocenters. The van der Waals surface area contributed by atoms with E-state index in [-0.39, 0.29) is 28.8 Å². The van der Waals surface area contributed by atoms with Gasteiger partial charge < -0.3 is 15.0 Å². The van der Waals surface area contributed by atoms with E-state index >= 15 is 0 Å². The first kappa shape index (κ1) is 20.6. The van der Waals surface area contributed by atoms with E-state index in [0.717, 1.165) is 0 Å². The minimum atomic E-state index is -0.695. The molecule has 0 saturated heterocycles. The zero-order valence-electron chi connectivity index (χ0n) is 16.2. The van der Waals surface area contributed by atoms with Gasteiger partial charge in [0.05, 0.1) is 16.0 Å². The molecule has 0 aromatic heterocycles. The minimum Gasteiger partial charge on any atom is -0.490 e. The van der Waals surface area contributed by atoms with Gasteiger partial charge in [0.2, 0.25) is 5.91 Å². The van der Waals surface area contributed by atoms with Crippen molar-refractivity contribution in [2.45, 2.75) is 20.8 Å². The first-order valence-electron chi connectivity index (χ1n) is 8.98. The highest BCUT2D eigenvalue weighted by Crippen LogP contribution is 2.38. The third kappa shape index (κ3) is 4.02. The fraction of sp³-hybridized carbons (Fsp3) is 0.300. The number of hydrogen-bond acceptors (Lipinski definition) is 5. The number of benzene rings is 2. The number of nitro benzene ring substituents is 1. The molecule has 1 heterocycles. The lowest BCUT2D eigenvalue weighted by molar-refractivity contribution is -0.385. The molecule has 0 spiro atoms. The molecule has 1 N–H and O–H groups in total. The van der Waals surface area contributed by atoms with Gasteiger partial charge >= 0.3 is 0 Å². The van der Waals surface area contributed by atoms with E-state index in [1.165, 1.54) is 18.2 Å². The van der Waals surface area contributed by atoms with Crippen molar-refractivity contribution in [3.05, 3.63) is 57.1 Å². The number of nitrogens with zero attached hydrogens (tertiary/aromatic N) is 2. The van der Waals surface area contributed by atoms with Crippen LogP contribution in [0.2, 0.25) is 5.02 Å². The molecule has 29 heavy (non-hydrogen) atoms. The van der Waals surface area contributed by atoms with Crippen LogP contribution < -0.4 is 15.0 Å². The second-order valence-corrected chi connectivity index (χ2v) is 7.71. The summed E-state index contributed by atoms with van der Waals surface area (Å²) < 4.78 is 5.83. The van der Waals surface area contributed by atoms with Crippen LogP contribution in [-0.4, -0.2) is 29.9 Å². The van der Waals surface area contributed by atoms with Crippen molar-refractivity contribution in [3.8, 4) is 5.75 Å². The smallest absolute Gasteiger partial charge is 0.282 e. The molecule has 8 nitrogen and oxygen atoms in total. The zero-order valence-corrected chi connectivity index (χ0v) is 16.9. The van der Waals surface area contributed by atoms with Crippen LogP contribution in [0.1, 0.15) is 31.1 Å². The molecule has 0 unspecified atom stereocenters. The second-order valence-electron chi connectivity index (χ2n) is 7.28. The van der Waals surface area contributed by atoms with Crippen LogP contribution in [0.5, 0.6) is 5.75 Å². The largest absolute Gasteiger partial charge is 0.490 e. The molecular weight excluding hydrogens is 398 g/mol. The summed E-state index contributed by atoms with van der Waals surface area (Å²) in [7, 11) is 0. The summed E-state index contributed by atoms with van der Waals surface area (Å²) in [6.07, 6.45) is 0. The second kappa shape index (κ2) is 7.71. The van der Waals surface area contributed by atoms with Gasteiger partial charge in [0.15, 0.2) is 0 Å². The number of amides is 2. The van der Waals surface area contributed by atoms with Crippen molar-refractivity contribution in [3.63, 3.8) is 0 Å². The van der Waals surface area contributed by atoms with E-state index < -0.39 is 16.2 Å². The van der Waals surface area contributed by atoms with Crippen molar-refractivity contribution in [1.82, 2.24) is 0 Å². The van der Waals surface area contributed by atoms with E-state index in [9.17, 15) is 19.7 Å². The molecule has 0 aliphatic carbocycles. The van der Waals surface area contributed by atoms with Gasteiger partial charge in [-0.05, 0) is 45.0 Å². The molecule has 1 aliphatic heterocycles. The van der Waals surface area contributed by atoms with E-state index in [1.54, 1.807) is 23.1 Å². The quantitative estimate of drug-likeness (QED) is 0.591. The molecule has 0 bridgehead atoms. The van der Waals surface area contributed by atoms with Crippen LogP contribution in [0.4, 0.5) is 17.1 Å². The molecule has 2 aromatic carbocycles. The number of nitrogens with one attached hydrogen (secondary N) is 1. The average molecular weight is 418 g/mol. The summed E-state index contributed by atoms with van der Waals surface area (Å²) in [6.45, 7) is 6.15. The molecule has 3 rings (SSSR count). The van der Waals surface area contributed by atoms with Gasteiger partial charge in [0.1, 0.15) is 17.9 Å². The van der Waals surface area contributed by atoms with Gasteiger partial charge in [-0.1, -0.05) is 11.6 Å². The lowest BCUT2D eigenvalue weighted by Crippen LogP contribution is -2.42. The summed E-state index contributed by atoms with van der Waals surface area (Å²) in [5, 5.41) is 14.0. The molecule has 2 amide bonds. The Bertz CT molecular complexity index is 1010. The Labute approximate surface area is 172 Å². The fourth-order valence-electron chi connectivity index (χ4n) is 3.09. The molecule has 0 radical (unpaired) electrons. The number of anilines is 2. The molecule has 2 aromatic rings. The van der Waals surface area contributed by atoms with Crippen LogP contribution in [0.15, 0.2) is 36.4 Å². The van der Waals surface area contributed by atoms with Gasteiger partial charge in [-0.15, -0.1) is 0 Å². The number of hydrogen-bond donors (Lipinski definition) is 1. The number of halogens is 1. The van der Waals surface area contributed by atoms with Crippen molar-refractivity contribution in [2.24, 2.45) is 5.41 Å². The normalized spacial score (nSPS) is 15.2. The topological polar surface area (TPSA) is 102 Å². The van der Waals surface area contributed by atoms with Crippen molar-refractivity contribution in [2.75, 3.05) is 23.4 Å². The zero-order chi connectivity index (χ0) is 21.3. The van der Waals surface area contributed by atoms with Gasteiger partial charge in [-0.2, -0.15) is 0 Å². The van der Waals surface area contributed by atoms with E-state index in [1.807, 2.05) is 20.8 Å². The van der Waals surface area contributed by atoms with Gasteiger partial charge in [0.25, 0.3) is 11.6 Å². The maximum atomic E-state index is 12.7. The maximum Gasteiger partial charge on any atom is 0.282 e. The maximum absolute atomic E-state index is 12.7. The Hall–Kier alpha value is -3.13. The number of carbonyl (C=O) groups excluding carboxylic acids is 2. The van der Waals surface area contributed by atoms with Crippen LogP contribution in [0.3, 0.4) is 0 Å². The minimum absolute atomic E-state index is 0.0508. The summed E-state index contributed by atoms with van der Waals surface area (Å²) >= 11 is 5.89. The third-order valence-corrected chi connectivity index (χ3v) is 4.87. The fourth-order valence-corrected chi connectivity index (χ4v) is 3.26. The van der Waals surface area contributed by atoms with Crippen molar-refractivity contribution >= 4 is 40.5 Å². The Morgan fingerprint density at radius 2 is 2.03 bits per heavy atom. The van der Waals surface area contributed by atoms with Crippen LogP contribution in [-0.2, 0) is 4.79 Å². The predicted octanol–water partition coefficient (Wildman–Crippen LogP) is 4.27. The molecule has 152 valence electrons. The lowest BCUT2D eigenvalue weighted by Gasteiger charge is -2.26. The number of fused-ring (bicyclic) bond motifs is 1. The molecular formula is C20H20ClN3O5. The first-order chi connectivity index (χ1) is 13.6. The highest BCUT2D eigenvalue weighted by Gasteiger charge is 2.37. The Morgan fingerprint density at radius 3 is 2.69 bits per heavy atom. The van der Waals surface area contributed by atoms with Crippen molar-refractivity contribution in [1.29, 1.82) is 0 Å². The van der Waals surface area contributed by atoms with E-state index in [4.69, 9.17) is 16.3 Å². The Balaban J connectivity index is 1.93. The van der Waals surface area contributed by atoms with E-state index in [0.29, 0.717) is 23.7 Å². The first-order valence-corrected chi connectivity index (χ1v) is 9.36. The molecule has 9 heteroatoms. The van der Waals surface area contributed by atoms with Crippen LogP contribution >= 0.6 is 11.6 Å². The van der Waals surface area contributed by atoms with Crippen LogP contribution in [0.25, 0.3) is 0 Å². The van der Waals surface area contributed by atoms with Gasteiger partial charge in [-0.3, -0.25) is 19.7 Å². The monoisotopic (exact) mass is 417 g/mol. The van der Waals surface area contributed by atoms with Crippen LogP contribution in [0, 0.1) is 15.5 Å². The summed E-state index contributed by atoms with van der Waals surface area (Å²) in [5.41, 5.74) is -0.201. The molecule has 0 fully saturated rings. The summed E-state index contributed by atoms with van der Waals surface area (Å²) in [4.78, 5) is 37.6. The number of ether oxygens (including phenoxy) is 1. The van der Waals surface area contributed by atoms with Gasteiger partial charge in [-0.25, -0.2) is 0 Å². The lowest BCUT2D eigenvalue weighted by atomic mass is 9.93.